The topological polar surface area (TPSA) is 38.8 Å². The van der Waals surface area contributed by atoms with Gasteiger partial charge in [0.05, 0.1) is 15.7 Å². The lowest BCUT2D eigenvalue weighted by Crippen LogP contribution is -2.49. The van der Waals surface area contributed by atoms with E-state index in [2.05, 4.69) is 15.1 Å². The van der Waals surface area contributed by atoms with Crippen LogP contribution in [0.3, 0.4) is 0 Å². The fraction of sp³-hybridized carbons (Fsp3) is 0.650. The van der Waals surface area contributed by atoms with Gasteiger partial charge in [0, 0.05) is 52.9 Å². The molecule has 0 spiro atoms. The minimum atomic E-state index is 0.0225. The van der Waals surface area contributed by atoms with Gasteiger partial charge in [0.1, 0.15) is 0 Å². The van der Waals surface area contributed by atoms with Gasteiger partial charge in [-0.1, -0.05) is 29.3 Å². The number of anilines is 1. The van der Waals surface area contributed by atoms with Crippen molar-refractivity contribution in [2.45, 2.75) is 31.7 Å². The lowest BCUT2D eigenvalue weighted by Gasteiger charge is -2.39. The van der Waals surface area contributed by atoms with Crippen LogP contribution in [0, 0.1) is 5.92 Å². The number of rotatable bonds is 4. The van der Waals surface area contributed by atoms with E-state index >= 15 is 0 Å². The number of hydrogen-bond donors (Lipinski definition) is 1. The number of halogens is 2. The standard InChI is InChI=1S/C20H30Cl2N4O/c1-24(2)20(27)23-16-8-6-15(7-9-16)14-25-10-12-26(13-11-25)18-5-3-4-17(21)19(18)22/h3-5,15-16H,6-14H2,1-2H3,(H,23,27)/t15-,16-. The zero-order chi connectivity index (χ0) is 19.4. The molecule has 2 amide bonds. The third kappa shape index (κ3) is 5.43. The molecule has 2 aliphatic rings. The van der Waals surface area contributed by atoms with E-state index in [0.717, 1.165) is 57.2 Å². The fourth-order valence-corrected chi connectivity index (χ4v) is 4.48. The first-order chi connectivity index (χ1) is 12.9. The predicted octanol–water partition coefficient (Wildman–Crippen LogP) is 3.95. The Morgan fingerprint density at radius 2 is 1.78 bits per heavy atom. The lowest BCUT2D eigenvalue weighted by atomic mass is 9.85. The Kier molecular flexibility index (Phi) is 7.12. The molecule has 1 aliphatic carbocycles. The average molecular weight is 413 g/mol. The molecule has 1 saturated carbocycles. The third-order valence-corrected chi connectivity index (χ3v) is 6.55. The maximum Gasteiger partial charge on any atom is 0.317 e. The Hall–Kier alpha value is -1.17. The summed E-state index contributed by atoms with van der Waals surface area (Å²) >= 11 is 12.5. The van der Waals surface area contributed by atoms with Gasteiger partial charge in [-0.2, -0.15) is 0 Å². The van der Waals surface area contributed by atoms with Crippen molar-refractivity contribution in [3.8, 4) is 0 Å². The number of nitrogens with zero attached hydrogens (tertiary/aromatic N) is 3. The van der Waals surface area contributed by atoms with Crippen LogP contribution in [0.4, 0.5) is 10.5 Å². The average Bonchev–Trinajstić information content (AvgIpc) is 2.66. The second-order valence-electron chi connectivity index (χ2n) is 7.92. The van der Waals surface area contributed by atoms with Crippen molar-refractivity contribution in [2.75, 3.05) is 51.7 Å². The van der Waals surface area contributed by atoms with Crippen LogP contribution in [0.5, 0.6) is 0 Å². The molecule has 3 rings (SSSR count). The van der Waals surface area contributed by atoms with E-state index in [1.54, 1.807) is 19.0 Å². The summed E-state index contributed by atoms with van der Waals surface area (Å²) in [5.41, 5.74) is 1.04. The summed E-state index contributed by atoms with van der Waals surface area (Å²) in [6, 6.07) is 6.20. The second kappa shape index (κ2) is 9.35. The van der Waals surface area contributed by atoms with Crippen LogP contribution in [0.2, 0.25) is 10.0 Å². The molecule has 1 saturated heterocycles. The van der Waals surface area contributed by atoms with Crippen molar-refractivity contribution in [3.05, 3.63) is 28.2 Å². The van der Waals surface area contributed by atoms with E-state index in [0.29, 0.717) is 16.1 Å². The zero-order valence-electron chi connectivity index (χ0n) is 16.3. The van der Waals surface area contributed by atoms with Crippen LogP contribution in [-0.4, -0.2) is 68.7 Å². The smallest absolute Gasteiger partial charge is 0.317 e. The highest BCUT2D eigenvalue weighted by Gasteiger charge is 2.26. The van der Waals surface area contributed by atoms with Crippen molar-refractivity contribution in [1.82, 2.24) is 15.1 Å². The molecule has 2 fully saturated rings. The van der Waals surface area contributed by atoms with Gasteiger partial charge in [-0.3, -0.25) is 4.90 Å². The maximum absolute atomic E-state index is 11.8. The molecule has 0 radical (unpaired) electrons. The third-order valence-electron chi connectivity index (χ3n) is 5.74. The van der Waals surface area contributed by atoms with Crippen LogP contribution in [0.15, 0.2) is 18.2 Å². The summed E-state index contributed by atoms with van der Waals surface area (Å²) in [7, 11) is 3.58. The van der Waals surface area contributed by atoms with E-state index in [-0.39, 0.29) is 6.03 Å². The Bertz CT molecular complexity index is 639. The Morgan fingerprint density at radius 1 is 1.11 bits per heavy atom. The van der Waals surface area contributed by atoms with E-state index in [9.17, 15) is 4.79 Å². The maximum atomic E-state index is 11.8. The van der Waals surface area contributed by atoms with Crippen LogP contribution in [0.1, 0.15) is 25.7 Å². The van der Waals surface area contributed by atoms with Crippen molar-refractivity contribution in [1.29, 1.82) is 0 Å². The van der Waals surface area contributed by atoms with Gasteiger partial charge < -0.3 is 15.1 Å². The van der Waals surface area contributed by atoms with Gasteiger partial charge in [0.2, 0.25) is 0 Å². The highest BCUT2D eigenvalue weighted by molar-refractivity contribution is 6.43. The molecule has 7 heteroatoms. The molecule has 1 aliphatic heterocycles. The molecule has 5 nitrogen and oxygen atoms in total. The summed E-state index contributed by atoms with van der Waals surface area (Å²) in [5, 5.41) is 4.40. The first kappa shape index (κ1) is 20.6. The monoisotopic (exact) mass is 412 g/mol. The molecular weight excluding hydrogens is 383 g/mol. The largest absolute Gasteiger partial charge is 0.368 e. The minimum Gasteiger partial charge on any atom is -0.368 e. The number of carbonyl (C=O) groups is 1. The van der Waals surface area contributed by atoms with Gasteiger partial charge in [-0.15, -0.1) is 0 Å². The molecule has 1 aromatic carbocycles. The fourth-order valence-electron chi connectivity index (χ4n) is 4.07. The van der Waals surface area contributed by atoms with Crippen LogP contribution >= 0.6 is 23.2 Å². The van der Waals surface area contributed by atoms with Gasteiger partial charge in [0.25, 0.3) is 0 Å². The molecule has 150 valence electrons. The van der Waals surface area contributed by atoms with Gasteiger partial charge in [-0.05, 0) is 43.7 Å². The van der Waals surface area contributed by atoms with Crippen LogP contribution in [-0.2, 0) is 0 Å². The molecule has 0 aromatic heterocycles. The lowest BCUT2D eigenvalue weighted by molar-refractivity contribution is 0.174. The zero-order valence-corrected chi connectivity index (χ0v) is 17.8. The highest BCUT2D eigenvalue weighted by Crippen LogP contribution is 2.33. The second-order valence-corrected chi connectivity index (χ2v) is 8.71. The normalized spacial score (nSPS) is 23.9. The van der Waals surface area contributed by atoms with Crippen molar-refractivity contribution >= 4 is 34.9 Å². The SMILES string of the molecule is CN(C)C(=O)N[C@H]1CC[C@H](CN2CCN(c3cccc(Cl)c3Cl)CC2)CC1. The predicted molar refractivity (Wildman–Crippen MR) is 113 cm³/mol. The summed E-state index contributed by atoms with van der Waals surface area (Å²) in [6.07, 6.45) is 4.56. The molecule has 0 atom stereocenters. The van der Waals surface area contributed by atoms with Crippen molar-refractivity contribution in [2.24, 2.45) is 5.92 Å². The van der Waals surface area contributed by atoms with Gasteiger partial charge >= 0.3 is 6.03 Å². The molecule has 0 bridgehead atoms. The van der Waals surface area contributed by atoms with Crippen molar-refractivity contribution < 1.29 is 4.79 Å². The van der Waals surface area contributed by atoms with Crippen molar-refractivity contribution in [3.63, 3.8) is 0 Å². The van der Waals surface area contributed by atoms with E-state index in [1.165, 1.54) is 12.8 Å². The molecule has 0 unspecified atom stereocenters. The number of urea groups is 1. The summed E-state index contributed by atoms with van der Waals surface area (Å²) in [4.78, 5) is 18.3. The molecule has 27 heavy (non-hydrogen) atoms. The minimum absolute atomic E-state index is 0.0225. The molecule has 1 aromatic rings. The van der Waals surface area contributed by atoms with E-state index < -0.39 is 0 Å². The van der Waals surface area contributed by atoms with Gasteiger partial charge in [-0.25, -0.2) is 4.79 Å². The summed E-state index contributed by atoms with van der Waals surface area (Å²) in [5.74, 6) is 0.735. The number of amides is 2. The Labute approximate surface area is 172 Å². The van der Waals surface area contributed by atoms with E-state index in [1.807, 2.05) is 18.2 Å². The highest BCUT2D eigenvalue weighted by atomic mass is 35.5. The Morgan fingerprint density at radius 3 is 2.41 bits per heavy atom. The molecule has 1 N–H and O–H groups in total. The number of carbonyl (C=O) groups excluding carboxylic acids is 1. The quantitative estimate of drug-likeness (QED) is 0.813. The van der Waals surface area contributed by atoms with Crippen LogP contribution < -0.4 is 10.2 Å². The molecule has 1 heterocycles. The summed E-state index contributed by atoms with van der Waals surface area (Å²) in [6.45, 7) is 5.23. The summed E-state index contributed by atoms with van der Waals surface area (Å²) < 4.78 is 0. The number of nitrogens with one attached hydrogen (secondary N) is 1. The number of benzene rings is 1. The first-order valence-electron chi connectivity index (χ1n) is 9.83. The van der Waals surface area contributed by atoms with Gasteiger partial charge in [0.15, 0.2) is 0 Å². The molecular formula is C20H30Cl2N4O. The van der Waals surface area contributed by atoms with E-state index in [4.69, 9.17) is 23.2 Å². The first-order valence-corrected chi connectivity index (χ1v) is 10.6. The van der Waals surface area contributed by atoms with Crippen LogP contribution in [0.25, 0.3) is 0 Å². The number of hydrogen-bond acceptors (Lipinski definition) is 3. The Balaban J connectivity index is 1.41. The number of piperazine rings is 1.